The van der Waals surface area contributed by atoms with Crippen LogP contribution in [0.4, 0.5) is 0 Å². The average Bonchev–Trinajstić information content (AvgIpc) is 2.80. The van der Waals surface area contributed by atoms with E-state index < -0.39 is 0 Å². The minimum Gasteiger partial charge on any atom is -0.393 e. The summed E-state index contributed by atoms with van der Waals surface area (Å²) >= 11 is 0. The van der Waals surface area contributed by atoms with Crippen LogP contribution in [0.3, 0.4) is 0 Å². The molecule has 126 valence electrons. The average molecular weight is 306 g/mol. The highest BCUT2D eigenvalue weighted by atomic mass is 16.3. The predicted octanol–water partition coefficient (Wildman–Crippen LogP) is 4.00. The van der Waals surface area contributed by atoms with Gasteiger partial charge in [-0.15, -0.1) is 0 Å². The fourth-order valence-corrected chi connectivity index (χ4v) is 7.64. The molecule has 2 heteroatoms. The molecule has 2 N–H and O–H groups in total. The number of rotatable bonds is 0. The summed E-state index contributed by atoms with van der Waals surface area (Å²) in [6, 6.07) is 0. The van der Waals surface area contributed by atoms with Gasteiger partial charge in [-0.1, -0.05) is 20.8 Å². The van der Waals surface area contributed by atoms with Gasteiger partial charge in [0, 0.05) is 0 Å². The van der Waals surface area contributed by atoms with Gasteiger partial charge in [-0.05, 0) is 91.8 Å². The second-order valence-corrected chi connectivity index (χ2v) is 9.59. The van der Waals surface area contributed by atoms with Crippen LogP contribution < -0.4 is 0 Å². The second kappa shape index (κ2) is 4.96. The fraction of sp³-hybridized carbons (Fsp3) is 1.00. The largest absolute Gasteiger partial charge is 0.393 e. The molecule has 22 heavy (non-hydrogen) atoms. The summed E-state index contributed by atoms with van der Waals surface area (Å²) in [5.74, 6) is 3.56. The maximum atomic E-state index is 10.5. The van der Waals surface area contributed by atoms with E-state index in [0.29, 0.717) is 11.3 Å². The van der Waals surface area contributed by atoms with Crippen molar-refractivity contribution in [3.63, 3.8) is 0 Å². The van der Waals surface area contributed by atoms with E-state index in [1.807, 2.05) is 0 Å². The Labute approximate surface area is 135 Å². The van der Waals surface area contributed by atoms with Gasteiger partial charge in [-0.25, -0.2) is 0 Å². The zero-order valence-electron chi connectivity index (χ0n) is 14.6. The molecule has 4 unspecified atom stereocenters. The summed E-state index contributed by atoms with van der Waals surface area (Å²) in [4.78, 5) is 0. The molecule has 0 aromatic rings. The molecule has 0 spiro atoms. The summed E-state index contributed by atoms with van der Waals surface area (Å²) in [5.41, 5.74) is 0.510. The van der Waals surface area contributed by atoms with Crippen molar-refractivity contribution in [3.05, 3.63) is 0 Å². The van der Waals surface area contributed by atoms with Gasteiger partial charge in [0.2, 0.25) is 0 Å². The molecule has 0 bridgehead atoms. The number of aliphatic hydroxyl groups excluding tert-OH is 2. The lowest BCUT2D eigenvalue weighted by Crippen LogP contribution is -2.58. The Morgan fingerprint density at radius 3 is 2.32 bits per heavy atom. The third-order valence-electron chi connectivity index (χ3n) is 9.28. The van der Waals surface area contributed by atoms with Crippen LogP contribution in [0, 0.1) is 40.4 Å². The van der Waals surface area contributed by atoms with Crippen molar-refractivity contribution in [1.29, 1.82) is 0 Å². The van der Waals surface area contributed by atoms with Crippen LogP contribution in [-0.2, 0) is 0 Å². The molecule has 0 saturated heterocycles. The molecule has 0 aromatic carbocycles. The molecule has 4 aliphatic rings. The molecule has 4 aliphatic carbocycles. The first-order valence-electron chi connectivity index (χ1n) is 9.75. The van der Waals surface area contributed by atoms with Crippen molar-refractivity contribution >= 4 is 0 Å². The molecule has 2 nitrogen and oxygen atoms in total. The third-order valence-corrected chi connectivity index (χ3v) is 9.28. The monoisotopic (exact) mass is 306 g/mol. The van der Waals surface area contributed by atoms with Gasteiger partial charge in [0.05, 0.1) is 12.2 Å². The van der Waals surface area contributed by atoms with Crippen LogP contribution in [-0.4, -0.2) is 22.4 Å². The predicted molar refractivity (Wildman–Crippen MR) is 88.3 cm³/mol. The van der Waals surface area contributed by atoms with Gasteiger partial charge in [0.15, 0.2) is 0 Å². The van der Waals surface area contributed by atoms with E-state index in [-0.39, 0.29) is 17.6 Å². The molecule has 0 aliphatic heterocycles. The summed E-state index contributed by atoms with van der Waals surface area (Å²) in [5, 5.41) is 21.0. The Morgan fingerprint density at radius 2 is 1.55 bits per heavy atom. The van der Waals surface area contributed by atoms with Crippen LogP contribution in [0.2, 0.25) is 0 Å². The molecular formula is C20H34O2. The van der Waals surface area contributed by atoms with Crippen LogP contribution in [0.15, 0.2) is 0 Å². The molecule has 4 fully saturated rings. The summed E-state index contributed by atoms with van der Waals surface area (Å²) in [7, 11) is 0. The van der Waals surface area contributed by atoms with Crippen molar-refractivity contribution < 1.29 is 10.2 Å². The van der Waals surface area contributed by atoms with Crippen LogP contribution in [0.1, 0.15) is 72.1 Å². The van der Waals surface area contributed by atoms with E-state index in [1.54, 1.807) is 0 Å². The van der Waals surface area contributed by atoms with Crippen molar-refractivity contribution in [3.8, 4) is 0 Å². The highest BCUT2D eigenvalue weighted by Crippen LogP contribution is 2.67. The first-order chi connectivity index (χ1) is 10.4. The van der Waals surface area contributed by atoms with E-state index in [4.69, 9.17) is 0 Å². The van der Waals surface area contributed by atoms with E-state index in [0.717, 1.165) is 36.5 Å². The lowest BCUT2D eigenvalue weighted by molar-refractivity contribution is -0.165. The Balaban J connectivity index is 1.68. The summed E-state index contributed by atoms with van der Waals surface area (Å²) in [6.45, 7) is 7.19. The first kappa shape index (κ1) is 15.4. The van der Waals surface area contributed by atoms with Gasteiger partial charge in [-0.2, -0.15) is 0 Å². The lowest BCUT2D eigenvalue weighted by atomic mass is 9.43. The van der Waals surface area contributed by atoms with Gasteiger partial charge in [-0.3, -0.25) is 0 Å². The number of fused-ring (bicyclic) bond motifs is 5. The maximum absolute atomic E-state index is 10.5. The third kappa shape index (κ3) is 1.80. The number of aliphatic hydroxyl groups is 2. The number of hydrogen-bond acceptors (Lipinski definition) is 2. The SMILES string of the molecule is CC1C(O)CCC2CC[C@@H]3[C@@H](CC[C@]4(C)C(O)CC[C@@H]34)[C@]21C. The van der Waals surface area contributed by atoms with Gasteiger partial charge < -0.3 is 10.2 Å². The summed E-state index contributed by atoms with van der Waals surface area (Å²) in [6.07, 6.45) is 9.54. The second-order valence-electron chi connectivity index (χ2n) is 9.59. The zero-order chi connectivity index (χ0) is 15.7. The van der Waals surface area contributed by atoms with Crippen molar-refractivity contribution in [2.24, 2.45) is 40.4 Å². The topological polar surface area (TPSA) is 40.5 Å². The Kier molecular flexibility index (Phi) is 3.48. The summed E-state index contributed by atoms with van der Waals surface area (Å²) < 4.78 is 0. The van der Waals surface area contributed by atoms with Gasteiger partial charge in [0.25, 0.3) is 0 Å². The minimum absolute atomic E-state index is 0.0710. The maximum Gasteiger partial charge on any atom is 0.0596 e. The van der Waals surface area contributed by atoms with Gasteiger partial charge >= 0.3 is 0 Å². The molecular weight excluding hydrogens is 272 g/mol. The smallest absolute Gasteiger partial charge is 0.0596 e. The molecule has 9 atom stereocenters. The van der Waals surface area contributed by atoms with E-state index in [2.05, 4.69) is 20.8 Å². The Morgan fingerprint density at radius 1 is 0.818 bits per heavy atom. The van der Waals surface area contributed by atoms with Crippen molar-refractivity contribution in [2.75, 3.05) is 0 Å². The fourth-order valence-electron chi connectivity index (χ4n) is 7.64. The molecule has 0 amide bonds. The Bertz CT molecular complexity index is 445. The van der Waals surface area contributed by atoms with Crippen LogP contribution in [0.25, 0.3) is 0 Å². The van der Waals surface area contributed by atoms with Crippen molar-refractivity contribution in [1.82, 2.24) is 0 Å². The highest BCUT2D eigenvalue weighted by Gasteiger charge is 2.61. The molecule has 4 saturated carbocycles. The quantitative estimate of drug-likeness (QED) is 0.710. The molecule has 4 rings (SSSR count). The van der Waals surface area contributed by atoms with E-state index in [1.165, 1.54) is 38.5 Å². The zero-order valence-corrected chi connectivity index (χ0v) is 14.6. The standard InChI is InChI=1S/C20H34O2/c1-12-17(21)8-5-13-4-6-14-15-7-9-18(22)19(15,2)11-10-16(14)20(12,13)3/h12-18,21-22H,4-11H2,1-3H3/t12?,13?,14-,15-,16+,17?,18?,19-,20-/m0/s1. The Hall–Kier alpha value is -0.0800. The number of hydrogen-bond donors (Lipinski definition) is 2. The van der Waals surface area contributed by atoms with Gasteiger partial charge in [0.1, 0.15) is 0 Å². The normalized spacial score (nSPS) is 61.2. The van der Waals surface area contributed by atoms with E-state index >= 15 is 0 Å². The highest BCUT2D eigenvalue weighted by molar-refractivity contribution is 5.10. The minimum atomic E-state index is -0.0949. The molecule has 0 radical (unpaired) electrons. The molecule has 0 heterocycles. The van der Waals surface area contributed by atoms with Crippen LogP contribution in [0.5, 0.6) is 0 Å². The first-order valence-corrected chi connectivity index (χ1v) is 9.75. The lowest BCUT2D eigenvalue weighted by Gasteiger charge is -2.63. The van der Waals surface area contributed by atoms with Crippen LogP contribution >= 0.6 is 0 Å². The van der Waals surface area contributed by atoms with E-state index in [9.17, 15) is 10.2 Å². The molecule has 0 aromatic heterocycles. The van der Waals surface area contributed by atoms with Crippen molar-refractivity contribution in [2.45, 2.75) is 84.3 Å².